The molecule has 2 N–H and O–H groups in total. The van der Waals surface area contributed by atoms with Crippen molar-refractivity contribution in [3.63, 3.8) is 0 Å². The van der Waals surface area contributed by atoms with Gasteiger partial charge in [-0.15, -0.1) is 11.3 Å². The van der Waals surface area contributed by atoms with Crippen LogP contribution in [0.2, 0.25) is 0 Å². The predicted octanol–water partition coefficient (Wildman–Crippen LogP) is 2.59. The second-order valence-electron chi connectivity index (χ2n) is 4.16. The molecule has 1 aromatic rings. The SMILES string of the molecule is Cc1csc(C(=O)OC(C)(C)C)c1N. The molecule has 0 saturated heterocycles. The first kappa shape index (κ1) is 11.0. The van der Waals surface area contributed by atoms with Crippen LogP contribution in [0.4, 0.5) is 5.69 Å². The van der Waals surface area contributed by atoms with Gasteiger partial charge in [-0.05, 0) is 38.6 Å². The van der Waals surface area contributed by atoms with Crippen molar-refractivity contribution >= 4 is 23.0 Å². The zero-order valence-corrected chi connectivity index (χ0v) is 9.70. The van der Waals surface area contributed by atoms with E-state index in [-0.39, 0.29) is 5.97 Å². The van der Waals surface area contributed by atoms with Crippen LogP contribution in [-0.4, -0.2) is 11.6 Å². The van der Waals surface area contributed by atoms with Crippen LogP contribution in [0, 0.1) is 6.92 Å². The summed E-state index contributed by atoms with van der Waals surface area (Å²) in [6, 6.07) is 0. The van der Waals surface area contributed by atoms with E-state index in [0.29, 0.717) is 10.6 Å². The highest BCUT2D eigenvalue weighted by molar-refractivity contribution is 7.12. The van der Waals surface area contributed by atoms with Crippen LogP contribution in [0.3, 0.4) is 0 Å². The number of hydrogen-bond acceptors (Lipinski definition) is 4. The van der Waals surface area contributed by atoms with Crippen LogP contribution in [-0.2, 0) is 4.74 Å². The average Bonchev–Trinajstić information content (AvgIpc) is 2.29. The second-order valence-corrected chi connectivity index (χ2v) is 5.04. The molecule has 0 aliphatic rings. The van der Waals surface area contributed by atoms with Gasteiger partial charge in [0.25, 0.3) is 0 Å². The lowest BCUT2D eigenvalue weighted by Crippen LogP contribution is -2.23. The van der Waals surface area contributed by atoms with E-state index in [2.05, 4.69) is 0 Å². The molecule has 1 rings (SSSR count). The summed E-state index contributed by atoms with van der Waals surface area (Å²) in [5, 5.41) is 1.86. The Balaban J connectivity index is 2.86. The molecule has 0 aliphatic carbocycles. The summed E-state index contributed by atoms with van der Waals surface area (Å²) < 4.78 is 5.21. The molecular formula is C10H15NO2S. The molecular weight excluding hydrogens is 198 g/mol. The molecule has 1 aromatic heterocycles. The Morgan fingerprint density at radius 3 is 2.43 bits per heavy atom. The fourth-order valence-electron chi connectivity index (χ4n) is 0.936. The molecule has 0 amide bonds. The maximum atomic E-state index is 11.6. The van der Waals surface area contributed by atoms with Gasteiger partial charge in [-0.1, -0.05) is 0 Å². The van der Waals surface area contributed by atoms with Crippen LogP contribution >= 0.6 is 11.3 Å². The molecule has 0 radical (unpaired) electrons. The van der Waals surface area contributed by atoms with Crippen molar-refractivity contribution in [2.24, 2.45) is 0 Å². The smallest absolute Gasteiger partial charge is 0.350 e. The van der Waals surface area contributed by atoms with Crippen LogP contribution in [0.5, 0.6) is 0 Å². The number of thiophene rings is 1. The monoisotopic (exact) mass is 213 g/mol. The maximum Gasteiger partial charge on any atom is 0.350 e. The predicted molar refractivity (Wildman–Crippen MR) is 58.6 cm³/mol. The van der Waals surface area contributed by atoms with Crippen LogP contribution in [0.15, 0.2) is 5.38 Å². The van der Waals surface area contributed by atoms with Gasteiger partial charge in [0, 0.05) is 0 Å². The fourth-order valence-corrected chi connectivity index (χ4v) is 1.78. The van der Waals surface area contributed by atoms with E-state index in [1.54, 1.807) is 0 Å². The van der Waals surface area contributed by atoms with Crippen molar-refractivity contribution in [2.75, 3.05) is 5.73 Å². The van der Waals surface area contributed by atoms with E-state index < -0.39 is 5.60 Å². The first-order valence-corrected chi connectivity index (χ1v) is 5.26. The van der Waals surface area contributed by atoms with Gasteiger partial charge < -0.3 is 10.5 Å². The lowest BCUT2D eigenvalue weighted by Gasteiger charge is -2.19. The van der Waals surface area contributed by atoms with E-state index >= 15 is 0 Å². The average molecular weight is 213 g/mol. The Hall–Kier alpha value is -1.03. The van der Waals surface area contributed by atoms with E-state index in [4.69, 9.17) is 10.5 Å². The van der Waals surface area contributed by atoms with Gasteiger partial charge >= 0.3 is 5.97 Å². The number of ether oxygens (including phenoxy) is 1. The lowest BCUT2D eigenvalue weighted by atomic mass is 10.2. The summed E-state index contributed by atoms with van der Waals surface area (Å²) in [4.78, 5) is 12.1. The van der Waals surface area contributed by atoms with Crippen LogP contribution in [0.25, 0.3) is 0 Å². The topological polar surface area (TPSA) is 52.3 Å². The summed E-state index contributed by atoms with van der Waals surface area (Å²) in [5.74, 6) is -0.340. The fraction of sp³-hybridized carbons (Fsp3) is 0.500. The van der Waals surface area contributed by atoms with Gasteiger partial charge in [-0.3, -0.25) is 0 Å². The Labute approximate surface area is 87.9 Å². The summed E-state index contributed by atoms with van der Waals surface area (Å²) in [5.41, 5.74) is 6.72. The third-order valence-electron chi connectivity index (χ3n) is 1.61. The molecule has 1 heterocycles. The molecule has 3 nitrogen and oxygen atoms in total. The summed E-state index contributed by atoms with van der Waals surface area (Å²) >= 11 is 1.33. The molecule has 4 heteroatoms. The second kappa shape index (κ2) is 3.61. The van der Waals surface area contributed by atoms with E-state index in [1.807, 2.05) is 33.1 Å². The molecule has 0 spiro atoms. The Kier molecular flexibility index (Phi) is 2.85. The third-order valence-corrected chi connectivity index (χ3v) is 2.70. The number of nitrogens with two attached hydrogens (primary N) is 1. The number of hydrogen-bond donors (Lipinski definition) is 1. The van der Waals surface area contributed by atoms with E-state index in [0.717, 1.165) is 5.56 Å². The number of rotatable bonds is 1. The van der Waals surface area contributed by atoms with Crippen LogP contribution < -0.4 is 5.73 Å². The Bertz CT molecular complexity index is 349. The van der Waals surface area contributed by atoms with Crippen molar-refractivity contribution in [1.82, 2.24) is 0 Å². The molecule has 0 aromatic carbocycles. The third kappa shape index (κ3) is 2.48. The maximum absolute atomic E-state index is 11.6. The van der Waals surface area contributed by atoms with E-state index in [9.17, 15) is 4.79 Å². The number of carbonyl (C=O) groups excluding carboxylic acids is 1. The first-order valence-electron chi connectivity index (χ1n) is 4.38. The number of anilines is 1. The van der Waals surface area contributed by atoms with E-state index in [1.165, 1.54) is 11.3 Å². The summed E-state index contributed by atoms with van der Waals surface area (Å²) in [6.45, 7) is 7.38. The molecule has 0 saturated carbocycles. The van der Waals surface area contributed by atoms with Gasteiger partial charge in [0.05, 0.1) is 5.69 Å². The largest absolute Gasteiger partial charge is 0.456 e. The molecule has 0 fully saturated rings. The number of esters is 1. The highest BCUT2D eigenvalue weighted by atomic mass is 32.1. The number of carbonyl (C=O) groups is 1. The van der Waals surface area contributed by atoms with Crippen molar-refractivity contribution in [3.8, 4) is 0 Å². The van der Waals surface area contributed by atoms with Gasteiger partial charge in [0.1, 0.15) is 10.5 Å². The standard InChI is InChI=1S/C10H15NO2S/c1-6-5-14-8(7(6)11)9(12)13-10(2,3)4/h5H,11H2,1-4H3. The minimum atomic E-state index is -0.471. The van der Waals surface area contributed by atoms with Gasteiger partial charge in [0.15, 0.2) is 0 Å². The Morgan fingerprint density at radius 1 is 1.50 bits per heavy atom. The van der Waals surface area contributed by atoms with Gasteiger partial charge in [-0.2, -0.15) is 0 Å². The van der Waals surface area contributed by atoms with Crippen molar-refractivity contribution in [3.05, 3.63) is 15.8 Å². The zero-order chi connectivity index (χ0) is 10.9. The quantitative estimate of drug-likeness (QED) is 0.729. The minimum absolute atomic E-state index is 0.340. The van der Waals surface area contributed by atoms with Crippen LogP contribution in [0.1, 0.15) is 36.0 Å². The van der Waals surface area contributed by atoms with Crippen molar-refractivity contribution in [1.29, 1.82) is 0 Å². The molecule has 0 bridgehead atoms. The summed E-state index contributed by atoms with van der Waals surface area (Å²) in [7, 11) is 0. The molecule has 78 valence electrons. The molecule has 14 heavy (non-hydrogen) atoms. The lowest BCUT2D eigenvalue weighted by molar-refractivity contribution is 0.00764. The molecule has 0 aliphatic heterocycles. The number of aryl methyl sites for hydroxylation is 1. The number of nitrogen functional groups attached to an aromatic ring is 1. The van der Waals surface area contributed by atoms with Gasteiger partial charge in [0.2, 0.25) is 0 Å². The highest BCUT2D eigenvalue weighted by Crippen LogP contribution is 2.26. The molecule has 0 atom stereocenters. The molecule has 0 unspecified atom stereocenters. The van der Waals surface area contributed by atoms with Crippen molar-refractivity contribution < 1.29 is 9.53 Å². The van der Waals surface area contributed by atoms with Gasteiger partial charge in [-0.25, -0.2) is 4.79 Å². The minimum Gasteiger partial charge on any atom is -0.456 e. The zero-order valence-electron chi connectivity index (χ0n) is 8.88. The first-order chi connectivity index (χ1) is 6.31. The highest BCUT2D eigenvalue weighted by Gasteiger charge is 2.21. The van der Waals surface area contributed by atoms with Crippen molar-refractivity contribution in [2.45, 2.75) is 33.3 Å². The normalized spacial score (nSPS) is 11.4. The Morgan fingerprint density at radius 2 is 2.07 bits per heavy atom. The summed E-state index contributed by atoms with van der Waals surface area (Å²) in [6.07, 6.45) is 0.